The van der Waals surface area contributed by atoms with E-state index in [9.17, 15) is 4.79 Å². The lowest BCUT2D eigenvalue weighted by Crippen LogP contribution is -2.54. The molecule has 3 heterocycles. The summed E-state index contributed by atoms with van der Waals surface area (Å²) in [6.07, 6.45) is 2.51. The maximum atomic E-state index is 15.2. The lowest BCUT2D eigenvalue weighted by atomic mass is 9.93. The van der Waals surface area contributed by atoms with Gasteiger partial charge >= 0.3 is 0 Å². The first-order valence-corrected chi connectivity index (χ1v) is 19.3. The maximum absolute atomic E-state index is 15.2. The Labute approximate surface area is 332 Å². The fraction of sp³-hybridized carbons (Fsp3) is 0.167. The van der Waals surface area contributed by atoms with E-state index in [1.54, 1.807) is 12.0 Å². The second-order valence-corrected chi connectivity index (χ2v) is 14.5. The molecule has 1 saturated heterocycles. The van der Waals surface area contributed by atoms with Gasteiger partial charge in [-0.15, -0.1) is 0 Å². The molecule has 0 bridgehead atoms. The Morgan fingerprint density at radius 2 is 1.33 bits per heavy atom. The fourth-order valence-corrected chi connectivity index (χ4v) is 8.14. The van der Waals surface area contributed by atoms with E-state index in [4.69, 9.17) is 15.2 Å². The van der Waals surface area contributed by atoms with E-state index in [0.717, 1.165) is 39.3 Å². The molecule has 0 saturated carbocycles. The summed E-state index contributed by atoms with van der Waals surface area (Å²) in [5, 5.41) is 0.760. The van der Waals surface area contributed by atoms with Gasteiger partial charge in [-0.25, -0.2) is 0 Å². The number of hydrogen-bond acceptors (Lipinski definition) is 6. The molecule has 0 aliphatic carbocycles. The molecule has 1 atom stereocenters. The molecular weight excluding hydrogens is 711 g/mol. The van der Waals surface area contributed by atoms with E-state index in [2.05, 4.69) is 17.0 Å². The molecule has 1 aromatic heterocycles. The molecule has 2 aliphatic heterocycles. The number of amides is 2. The lowest BCUT2D eigenvalue weighted by molar-refractivity contribution is 0.0647. The minimum Gasteiger partial charge on any atom is -0.495 e. The molecule has 0 radical (unpaired) electrons. The van der Waals surface area contributed by atoms with Crippen LogP contribution in [0.15, 0.2) is 158 Å². The smallest absolute Gasteiger partial charge is 0.265 e. The largest absolute Gasteiger partial charge is 0.495 e. The fourth-order valence-electron chi connectivity index (χ4n) is 8.14. The highest BCUT2D eigenvalue weighted by atomic mass is 16.5. The van der Waals surface area contributed by atoms with E-state index in [1.807, 2.05) is 155 Å². The topological polar surface area (TPSA) is 93.3 Å². The SMILES string of the molecule is COc1cc(-n2cc(C(=O)N(c3ccccc3)c3ccccc3)c3ccccc32)c(C(=O)N2Cc3ccccc3C[C@H]2CN)cc1N1CC(Oc2ccccc2)C1. The average molecular weight is 754 g/mol. The summed E-state index contributed by atoms with van der Waals surface area (Å²) in [5.41, 5.74) is 13.4. The molecule has 2 aliphatic rings. The van der Waals surface area contributed by atoms with Crippen molar-refractivity contribution in [1.29, 1.82) is 0 Å². The van der Waals surface area contributed by atoms with Gasteiger partial charge in [0.1, 0.15) is 17.6 Å². The minimum atomic E-state index is -0.195. The van der Waals surface area contributed by atoms with Crippen LogP contribution in [0.25, 0.3) is 16.6 Å². The van der Waals surface area contributed by atoms with Crippen LogP contribution in [0.5, 0.6) is 11.5 Å². The van der Waals surface area contributed by atoms with Crippen LogP contribution in [0.2, 0.25) is 0 Å². The Balaban J connectivity index is 1.17. The van der Waals surface area contributed by atoms with Crippen LogP contribution in [0.4, 0.5) is 17.1 Å². The van der Waals surface area contributed by atoms with Crippen molar-refractivity contribution in [2.45, 2.75) is 25.1 Å². The van der Waals surface area contributed by atoms with Crippen LogP contribution in [-0.4, -0.2) is 60.2 Å². The number of nitrogens with zero attached hydrogens (tertiary/aromatic N) is 4. The predicted molar refractivity (Wildman–Crippen MR) is 225 cm³/mol. The van der Waals surface area contributed by atoms with E-state index < -0.39 is 0 Å². The third kappa shape index (κ3) is 6.76. The second-order valence-electron chi connectivity index (χ2n) is 14.5. The molecular formula is C48H43N5O4. The molecule has 1 fully saturated rings. The molecule has 0 unspecified atom stereocenters. The number of para-hydroxylation sites is 4. The van der Waals surface area contributed by atoms with Crippen LogP contribution >= 0.6 is 0 Å². The summed E-state index contributed by atoms with van der Waals surface area (Å²) in [5.74, 6) is 1.10. The number of benzene rings is 6. The van der Waals surface area contributed by atoms with Gasteiger partial charge in [-0.2, -0.15) is 0 Å². The summed E-state index contributed by atoms with van der Waals surface area (Å²) in [6.45, 7) is 2.01. The van der Waals surface area contributed by atoms with Gasteiger partial charge in [0, 0.05) is 48.2 Å². The van der Waals surface area contributed by atoms with Crippen LogP contribution in [0, 0.1) is 0 Å². The predicted octanol–water partition coefficient (Wildman–Crippen LogP) is 8.41. The molecule has 2 amide bonds. The van der Waals surface area contributed by atoms with Gasteiger partial charge in [-0.05, 0) is 66.1 Å². The summed E-state index contributed by atoms with van der Waals surface area (Å²) in [4.78, 5) is 36.0. The van der Waals surface area contributed by atoms with Crippen LogP contribution in [-0.2, 0) is 13.0 Å². The van der Waals surface area contributed by atoms with E-state index >= 15 is 4.79 Å². The van der Waals surface area contributed by atoms with Crippen molar-refractivity contribution in [3.05, 3.63) is 180 Å². The van der Waals surface area contributed by atoms with Crippen molar-refractivity contribution >= 4 is 39.8 Å². The first-order chi connectivity index (χ1) is 28.0. The highest BCUT2D eigenvalue weighted by molar-refractivity contribution is 6.17. The number of nitrogens with two attached hydrogens (primary N) is 1. The molecule has 9 heteroatoms. The zero-order valence-electron chi connectivity index (χ0n) is 31.7. The summed E-state index contributed by atoms with van der Waals surface area (Å²) >= 11 is 0. The van der Waals surface area contributed by atoms with Gasteiger partial charge in [0.2, 0.25) is 0 Å². The third-order valence-corrected chi connectivity index (χ3v) is 11.1. The molecule has 0 spiro atoms. The Morgan fingerprint density at radius 3 is 2.00 bits per heavy atom. The molecule has 9 nitrogen and oxygen atoms in total. The number of carbonyl (C=O) groups is 2. The normalized spacial score (nSPS) is 15.2. The highest BCUT2D eigenvalue weighted by Crippen LogP contribution is 2.40. The minimum absolute atomic E-state index is 0.0183. The number of methoxy groups -OCH3 is 1. The summed E-state index contributed by atoms with van der Waals surface area (Å²) in [7, 11) is 1.65. The number of rotatable bonds is 10. The quantitative estimate of drug-likeness (QED) is 0.151. The maximum Gasteiger partial charge on any atom is 0.265 e. The van der Waals surface area contributed by atoms with Crippen molar-refractivity contribution in [2.75, 3.05) is 36.5 Å². The van der Waals surface area contributed by atoms with E-state index in [0.29, 0.717) is 55.2 Å². The molecule has 7 aromatic rings. The number of fused-ring (bicyclic) bond motifs is 2. The number of ether oxygens (including phenoxy) is 2. The zero-order valence-corrected chi connectivity index (χ0v) is 31.7. The van der Waals surface area contributed by atoms with Crippen molar-refractivity contribution in [3.63, 3.8) is 0 Å². The lowest BCUT2D eigenvalue weighted by Gasteiger charge is -2.42. The van der Waals surface area contributed by atoms with Crippen molar-refractivity contribution < 1.29 is 19.1 Å². The Kier molecular flexibility index (Phi) is 9.66. The number of hydrogen-bond donors (Lipinski definition) is 1. The van der Waals surface area contributed by atoms with Gasteiger partial charge < -0.3 is 29.6 Å². The number of carbonyl (C=O) groups excluding carboxylic acids is 2. The molecule has 6 aromatic carbocycles. The van der Waals surface area contributed by atoms with Crippen LogP contribution in [0.3, 0.4) is 0 Å². The number of anilines is 3. The van der Waals surface area contributed by atoms with E-state index in [-0.39, 0.29) is 24.0 Å². The molecule has 9 rings (SSSR count). The third-order valence-electron chi connectivity index (χ3n) is 11.1. The number of aromatic nitrogens is 1. The van der Waals surface area contributed by atoms with Crippen molar-refractivity contribution in [3.8, 4) is 17.2 Å². The summed E-state index contributed by atoms with van der Waals surface area (Å²) in [6, 6.07) is 48.9. The van der Waals surface area contributed by atoms with Crippen LogP contribution in [0.1, 0.15) is 31.8 Å². The Hall–Kier alpha value is -6.84. The monoisotopic (exact) mass is 753 g/mol. The Morgan fingerprint density at radius 1 is 0.719 bits per heavy atom. The second kappa shape index (κ2) is 15.4. The highest BCUT2D eigenvalue weighted by Gasteiger charge is 2.36. The first-order valence-electron chi connectivity index (χ1n) is 19.3. The first kappa shape index (κ1) is 35.8. The average Bonchev–Trinajstić information content (AvgIpc) is 3.64. The van der Waals surface area contributed by atoms with Gasteiger partial charge in [0.25, 0.3) is 11.8 Å². The Bertz CT molecular complexity index is 2510. The van der Waals surface area contributed by atoms with Crippen LogP contribution < -0.4 is 25.0 Å². The van der Waals surface area contributed by atoms with Gasteiger partial charge in [0.15, 0.2) is 0 Å². The molecule has 284 valence electrons. The standard InChI is InChI=1S/C48H43N5O4/c1-56-46-27-44(52-32-42(40-23-13-14-24-43(40)52)48(55)53(35-17-5-2-6-18-35)36-19-7-3-8-20-36)41(26-45(46)50-30-39(31-50)57-38-21-9-4-10-22-38)47(54)51-29-34-16-12-11-15-33(34)25-37(51)28-49/h2-24,26-27,32,37,39H,25,28-31,49H2,1H3/t37-/m0/s1. The van der Waals surface area contributed by atoms with Gasteiger partial charge in [-0.3, -0.25) is 14.5 Å². The van der Waals surface area contributed by atoms with Crippen molar-refractivity contribution in [2.24, 2.45) is 5.73 Å². The van der Waals surface area contributed by atoms with E-state index in [1.165, 1.54) is 5.56 Å². The molecule has 57 heavy (non-hydrogen) atoms. The van der Waals surface area contributed by atoms with Gasteiger partial charge in [-0.1, -0.05) is 97.1 Å². The molecule has 2 N–H and O–H groups in total. The summed E-state index contributed by atoms with van der Waals surface area (Å²) < 4.78 is 14.3. The zero-order chi connectivity index (χ0) is 38.9. The van der Waals surface area contributed by atoms with Crippen molar-refractivity contribution in [1.82, 2.24) is 9.47 Å². The van der Waals surface area contributed by atoms with Gasteiger partial charge in [0.05, 0.1) is 48.2 Å².